The van der Waals surface area contributed by atoms with Gasteiger partial charge in [-0.3, -0.25) is 0 Å². The van der Waals surface area contributed by atoms with Crippen molar-refractivity contribution in [1.82, 2.24) is 4.98 Å². The van der Waals surface area contributed by atoms with Gasteiger partial charge in [0.25, 0.3) is 0 Å². The first-order valence-corrected chi connectivity index (χ1v) is 9.97. The number of thiazole rings is 1. The topological polar surface area (TPSA) is 73.3 Å². The van der Waals surface area contributed by atoms with Crippen molar-refractivity contribution in [2.24, 2.45) is 0 Å². The lowest BCUT2D eigenvalue weighted by atomic mass is 9.78. The van der Waals surface area contributed by atoms with Gasteiger partial charge < -0.3 is 15.2 Å². The van der Waals surface area contributed by atoms with Crippen molar-refractivity contribution in [3.8, 4) is 5.75 Å². The van der Waals surface area contributed by atoms with Crippen LogP contribution < -0.4 is 0 Å². The van der Waals surface area contributed by atoms with Gasteiger partial charge in [0.05, 0.1) is 11.3 Å². The molecule has 0 amide bonds. The lowest BCUT2D eigenvalue weighted by Gasteiger charge is -2.28. The van der Waals surface area contributed by atoms with E-state index in [1.54, 1.807) is 6.08 Å². The number of carbonyl (C=O) groups is 1. The normalized spacial score (nSPS) is 13.1. The molecule has 0 bridgehead atoms. The molecule has 0 atom stereocenters. The average Bonchev–Trinajstić information content (AvgIpc) is 2.81. The number of aryl methyl sites for hydroxylation is 1. The van der Waals surface area contributed by atoms with Gasteiger partial charge in [-0.15, -0.1) is 11.3 Å². The summed E-state index contributed by atoms with van der Waals surface area (Å²) in [4.78, 5) is 15.7. The lowest BCUT2D eigenvalue weighted by Crippen LogP contribution is -2.17. The second-order valence-electron chi connectivity index (χ2n) is 8.77. The third-order valence-electron chi connectivity index (χ3n) is 4.38. The quantitative estimate of drug-likeness (QED) is 0.430. The van der Waals surface area contributed by atoms with Crippen molar-refractivity contribution >= 4 is 41.2 Å². The summed E-state index contributed by atoms with van der Waals surface area (Å²) in [5.41, 5.74) is 2.45. The fraction of sp³-hybridized carbons (Fsp3) is 0.429. The van der Waals surface area contributed by atoms with Crippen LogP contribution in [0.15, 0.2) is 12.1 Å². The molecular weight excluding hydrogens is 378 g/mol. The maximum absolute atomic E-state index is 11.9. The number of carboxylic acids is 1. The second kappa shape index (κ2) is 7.24. The molecule has 0 aliphatic heterocycles. The number of hydrogen-bond acceptors (Lipinski definition) is 4. The molecule has 2 rings (SSSR count). The second-order valence-corrected chi connectivity index (χ2v) is 10.7. The van der Waals surface area contributed by atoms with E-state index < -0.39 is 5.97 Å². The smallest absolute Gasteiger partial charge is 0.337 e. The number of H-pyrrole nitrogens is 1. The third kappa shape index (κ3) is 4.68. The van der Waals surface area contributed by atoms with E-state index in [9.17, 15) is 15.0 Å². The van der Waals surface area contributed by atoms with E-state index in [1.165, 1.54) is 11.3 Å². The van der Waals surface area contributed by atoms with Gasteiger partial charge in [-0.25, -0.2) is 4.79 Å². The molecule has 0 fully saturated rings. The Labute approximate surface area is 169 Å². The molecule has 1 heterocycles. The SMILES string of the molecule is Cc1sc(=S)[nH]c1/C(=C/c1cc(C(C)(C)C)c(O)c(C(C)(C)C)c1)C(=O)O. The Bertz CT molecular complexity index is 932. The number of aliphatic carboxylic acids is 1. The van der Waals surface area contributed by atoms with E-state index in [0.717, 1.165) is 21.6 Å². The van der Waals surface area contributed by atoms with Crippen LogP contribution >= 0.6 is 23.6 Å². The summed E-state index contributed by atoms with van der Waals surface area (Å²) in [6.07, 6.45) is 1.65. The standard InChI is InChI=1S/C21H27NO3S2/c1-11-16(22-19(26)27-11)13(18(24)25)8-12-9-14(20(2,3)4)17(23)15(10-12)21(5,6)7/h8-10,23H,1-7H3,(H,22,26)(H,24,25)/b13-8-. The van der Waals surface area contributed by atoms with Crippen LogP contribution in [-0.4, -0.2) is 21.2 Å². The number of phenols is 1. The first-order valence-electron chi connectivity index (χ1n) is 8.75. The average molecular weight is 406 g/mol. The summed E-state index contributed by atoms with van der Waals surface area (Å²) >= 11 is 6.51. The Morgan fingerprint density at radius 2 is 1.59 bits per heavy atom. The summed E-state index contributed by atoms with van der Waals surface area (Å²) in [6, 6.07) is 3.73. The van der Waals surface area contributed by atoms with E-state index >= 15 is 0 Å². The number of aromatic nitrogens is 1. The largest absolute Gasteiger partial charge is 0.507 e. The number of aromatic amines is 1. The summed E-state index contributed by atoms with van der Waals surface area (Å²) in [5.74, 6) is -0.750. The molecule has 0 radical (unpaired) electrons. The molecule has 0 unspecified atom stereocenters. The van der Waals surface area contributed by atoms with Crippen LogP contribution in [-0.2, 0) is 15.6 Å². The molecule has 3 N–H and O–H groups in total. The number of benzene rings is 1. The summed E-state index contributed by atoms with van der Waals surface area (Å²) < 4.78 is 0.547. The van der Waals surface area contributed by atoms with Crippen molar-refractivity contribution < 1.29 is 15.0 Å². The first kappa shape index (κ1) is 21.4. The highest BCUT2D eigenvalue weighted by Crippen LogP contribution is 2.40. The number of carboxylic acid groups (broad SMARTS) is 1. The van der Waals surface area contributed by atoms with Crippen molar-refractivity contribution in [1.29, 1.82) is 0 Å². The predicted octanol–water partition coefficient (Wildman–Crippen LogP) is 6.04. The van der Waals surface area contributed by atoms with Gasteiger partial charge in [-0.2, -0.15) is 0 Å². The van der Waals surface area contributed by atoms with Crippen LogP contribution in [0.3, 0.4) is 0 Å². The molecule has 4 nitrogen and oxygen atoms in total. The van der Waals surface area contributed by atoms with Crippen LogP contribution in [0.4, 0.5) is 0 Å². The van der Waals surface area contributed by atoms with Gasteiger partial charge in [-0.05, 0) is 53.7 Å². The van der Waals surface area contributed by atoms with E-state index in [-0.39, 0.29) is 22.2 Å². The van der Waals surface area contributed by atoms with Crippen molar-refractivity contribution in [2.45, 2.75) is 59.3 Å². The van der Waals surface area contributed by atoms with E-state index in [4.69, 9.17) is 12.2 Å². The predicted molar refractivity (Wildman–Crippen MR) is 115 cm³/mol. The Balaban J connectivity index is 2.80. The molecular formula is C21H27NO3S2. The molecule has 27 heavy (non-hydrogen) atoms. The number of nitrogens with one attached hydrogen (secondary N) is 1. The summed E-state index contributed by atoms with van der Waals surface area (Å²) in [7, 11) is 0. The highest BCUT2D eigenvalue weighted by atomic mass is 32.1. The molecule has 0 spiro atoms. The molecule has 0 aliphatic carbocycles. The Hall–Kier alpha value is -1.92. The highest BCUT2D eigenvalue weighted by Gasteiger charge is 2.26. The van der Waals surface area contributed by atoms with Crippen molar-refractivity contribution in [3.63, 3.8) is 0 Å². The van der Waals surface area contributed by atoms with Crippen molar-refractivity contribution in [3.05, 3.63) is 43.3 Å². The Morgan fingerprint density at radius 1 is 1.11 bits per heavy atom. The number of aromatic hydroxyl groups is 1. The molecule has 1 aromatic heterocycles. The van der Waals surface area contributed by atoms with Gasteiger partial charge in [0, 0.05) is 16.0 Å². The van der Waals surface area contributed by atoms with Crippen molar-refractivity contribution in [2.75, 3.05) is 0 Å². The molecule has 1 aromatic carbocycles. The maximum atomic E-state index is 11.9. The monoisotopic (exact) mass is 405 g/mol. The van der Waals surface area contributed by atoms with Crippen LogP contribution in [0.25, 0.3) is 11.6 Å². The summed E-state index contributed by atoms with van der Waals surface area (Å²) in [6.45, 7) is 14.0. The fourth-order valence-electron chi connectivity index (χ4n) is 2.95. The maximum Gasteiger partial charge on any atom is 0.337 e. The van der Waals surface area contributed by atoms with Crippen LogP contribution in [0.5, 0.6) is 5.75 Å². The summed E-state index contributed by atoms with van der Waals surface area (Å²) in [5, 5.41) is 20.6. The van der Waals surface area contributed by atoms with E-state index in [0.29, 0.717) is 9.65 Å². The zero-order valence-electron chi connectivity index (χ0n) is 16.9. The minimum atomic E-state index is -1.02. The third-order valence-corrected chi connectivity index (χ3v) is 5.53. The van der Waals surface area contributed by atoms with Gasteiger partial charge in [-0.1, -0.05) is 41.5 Å². The van der Waals surface area contributed by atoms with Gasteiger partial charge in [0.15, 0.2) is 3.95 Å². The van der Waals surface area contributed by atoms with Gasteiger partial charge in [0.2, 0.25) is 0 Å². The minimum absolute atomic E-state index is 0.158. The van der Waals surface area contributed by atoms with Gasteiger partial charge >= 0.3 is 5.97 Å². The lowest BCUT2D eigenvalue weighted by molar-refractivity contribution is -0.130. The van der Waals surface area contributed by atoms with Gasteiger partial charge in [0.1, 0.15) is 5.75 Å². The molecule has 0 aliphatic rings. The van der Waals surface area contributed by atoms with E-state index in [2.05, 4.69) is 4.98 Å². The Kier molecular flexibility index (Phi) is 5.74. The van der Waals surface area contributed by atoms with Crippen LogP contribution in [0.2, 0.25) is 0 Å². The highest BCUT2D eigenvalue weighted by molar-refractivity contribution is 7.73. The Morgan fingerprint density at radius 3 is 1.93 bits per heavy atom. The molecule has 0 saturated carbocycles. The molecule has 146 valence electrons. The molecule has 2 aromatic rings. The fourth-order valence-corrected chi connectivity index (χ4v) is 4.13. The van der Waals surface area contributed by atoms with Crippen LogP contribution in [0.1, 0.15) is 68.8 Å². The minimum Gasteiger partial charge on any atom is -0.507 e. The number of rotatable bonds is 3. The van der Waals surface area contributed by atoms with Crippen LogP contribution in [0, 0.1) is 10.9 Å². The first-order chi connectivity index (χ1) is 12.2. The number of hydrogen-bond donors (Lipinski definition) is 3. The van der Waals surface area contributed by atoms with E-state index in [1.807, 2.05) is 60.6 Å². The zero-order valence-corrected chi connectivity index (χ0v) is 18.5. The molecule has 6 heteroatoms. The zero-order chi connectivity index (χ0) is 20.7. The number of phenolic OH excluding ortho intramolecular Hbond substituents is 1. The molecule has 0 saturated heterocycles.